The highest BCUT2D eigenvalue weighted by molar-refractivity contribution is 5.94. The zero-order valence-corrected chi connectivity index (χ0v) is 19.7. The number of anilines is 1. The molecule has 3 aromatic rings. The number of rotatable bonds is 5. The predicted molar refractivity (Wildman–Crippen MR) is 135 cm³/mol. The van der Waals surface area contributed by atoms with Gasteiger partial charge in [-0.15, -0.1) is 0 Å². The Bertz CT molecular complexity index is 1090. The third-order valence-electron chi connectivity index (χ3n) is 7.31. The fraction of sp³-hybridized carbons (Fsp3) is 0.345. The summed E-state index contributed by atoms with van der Waals surface area (Å²) < 4.78 is 13.3. The van der Waals surface area contributed by atoms with Crippen LogP contribution in [0.4, 0.5) is 10.1 Å². The van der Waals surface area contributed by atoms with Gasteiger partial charge in [-0.05, 0) is 54.8 Å². The molecule has 0 spiro atoms. The van der Waals surface area contributed by atoms with E-state index in [4.69, 9.17) is 0 Å². The van der Waals surface area contributed by atoms with Crippen LogP contribution in [-0.4, -0.2) is 61.5 Å². The number of hydrogen-bond acceptors (Lipinski definition) is 3. The zero-order valence-electron chi connectivity index (χ0n) is 19.7. The van der Waals surface area contributed by atoms with Crippen molar-refractivity contribution in [2.45, 2.75) is 12.8 Å². The number of aryl methyl sites for hydroxylation is 1. The molecule has 0 N–H and O–H groups in total. The van der Waals surface area contributed by atoms with E-state index in [0.717, 1.165) is 62.6 Å². The van der Waals surface area contributed by atoms with Crippen LogP contribution >= 0.6 is 0 Å². The molecule has 176 valence electrons. The highest BCUT2D eigenvalue weighted by Crippen LogP contribution is 2.34. The van der Waals surface area contributed by atoms with Gasteiger partial charge in [-0.2, -0.15) is 0 Å². The van der Waals surface area contributed by atoms with Crippen LogP contribution in [0.5, 0.6) is 0 Å². The van der Waals surface area contributed by atoms with Gasteiger partial charge in [0, 0.05) is 63.0 Å². The van der Waals surface area contributed by atoms with Gasteiger partial charge < -0.3 is 9.80 Å². The van der Waals surface area contributed by atoms with Crippen LogP contribution in [0.3, 0.4) is 0 Å². The molecule has 0 aromatic heterocycles. The number of carbonyl (C=O) groups is 1. The number of likely N-dealkylation sites (tertiary alicyclic amines) is 1. The minimum Gasteiger partial charge on any atom is -0.369 e. The first-order valence-corrected chi connectivity index (χ1v) is 12.2. The van der Waals surface area contributed by atoms with Gasteiger partial charge in [0.05, 0.1) is 0 Å². The van der Waals surface area contributed by atoms with Gasteiger partial charge in [0.15, 0.2) is 0 Å². The Balaban J connectivity index is 1.26. The van der Waals surface area contributed by atoms with Crippen LogP contribution in [-0.2, 0) is 0 Å². The van der Waals surface area contributed by atoms with Crippen molar-refractivity contribution in [2.75, 3.05) is 50.7 Å². The third-order valence-corrected chi connectivity index (χ3v) is 7.31. The number of hydrogen-bond donors (Lipinski definition) is 0. The first-order valence-electron chi connectivity index (χ1n) is 12.2. The minimum absolute atomic E-state index is 0.129. The number of nitrogens with zero attached hydrogens (tertiary/aromatic N) is 3. The molecular formula is C29H32FN3O. The van der Waals surface area contributed by atoms with Gasteiger partial charge in [-0.3, -0.25) is 9.69 Å². The Labute approximate surface area is 201 Å². The topological polar surface area (TPSA) is 26.8 Å². The molecule has 2 aliphatic rings. The lowest BCUT2D eigenvalue weighted by Gasteiger charge is -2.37. The lowest BCUT2D eigenvalue weighted by atomic mass is 9.88. The molecule has 0 unspecified atom stereocenters. The van der Waals surface area contributed by atoms with E-state index in [1.807, 2.05) is 48.2 Å². The van der Waals surface area contributed by atoms with E-state index in [1.165, 1.54) is 17.7 Å². The first-order chi connectivity index (χ1) is 16.6. The molecule has 0 radical (unpaired) electrons. The largest absolute Gasteiger partial charge is 0.369 e. The summed E-state index contributed by atoms with van der Waals surface area (Å²) in [4.78, 5) is 20.2. The maximum Gasteiger partial charge on any atom is 0.253 e. The summed E-state index contributed by atoms with van der Waals surface area (Å²) in [5.41, 5.74) is 4.33. The van der Waals surface area contributed by atoms with E-state index in [1.54, 1.807) is 0 Å². The van der Waals surface area contributed by atoms with Gasteiger partial charge in [0.2, 0.25) is 0 Å². The smallest absolute Gasteiger partial charge is 0.253 e. The molecule has 5 rings (SSSR count). The first kappa shape index (κ1) is 22.6. The molecule has 2 saturated heterocycles. The fourth-order valence-corrected chi connectivity index (χ4v) is 5.35. The number of benzene rings is 3. The maximum absolute atomic E-state index is 13.3. The second kappa shape index (κ2) is 9.98. The fourth-order valence-electron chi connectivity index (χ4n) is 5.35. The molecule has 2 atom stereocenters. The summed E-state index contributed by atoms with van der Waals surface area (Å²) >= 11 is 0. The van der Waals surface area contributed by atoms with Crippen molar-refractivity contribution in [1.82, 2.24) is 9.80 Å². The van der Waals surface area contributed by atoms with Crippen molar-refractivity contribution in [3.8, 4) is 0 Å². The van der Waals surface area contributed by atoms with Crippen LogP contribution in [0.25, 0.3) is 0 Å². The third kappa shape index (κ3) is 5.00. The Kier molecular flexibility index (Phi) is 6.63. The Morgan fingerprint density at radius 2 is 1.53 bits per heavy atom. The van der Waals surface area contributed by atoms with E-state index in [-0.39, 0.29) is 11.7 Å². The van der Waals surface area contributed by atoms with E-state index < -0.39 is 0 Å². The summed E-state index contributed by atoms with van der Waals surface area (Å²) in [6.45, 7) is 8.38. The van der Waals surface area contributed by atoms with Gasteiger partial charge in [-0.25, -0.2) is 4.39 Å². The van der Waals surface area contributed by atoms with E-state index >= 15 is 0 Å². The molecule has 0 aliphatic carbocycles. The van der Waals surface area contributed by atoms with E-state index in [2.05, 4.69) is 40.1 Å². The Morgan fingerprint density at radius 1 is 0.853 bits per heavy atom. The van der Waals surface area contributed by atoms with E-state index in [0.29, 0.717) is 11.8 Å². The average molecular weight is 458 g/mol. The van der Waals surface area contributed by atoms with Crippen molar-refractivity contribution in [1.29, 1.82) is 0 Å². The molecule has 0 bridgehead atoms. The summed E-state index contributed by atoms with van der Waals surface area (Å²) in [7, 11) is 0. The number of halogens is 1. The Hall–Kier alpha value is -3.18. The Morgan fingerprint density at radius 3 is 2.21 bits per heavy atom. The summed E-state index contributed by atoms with van der Waals surface area (Å²) in [6.07, 6.45) is 0. The van der Waals surface area contributed by atoms with Gasteiger partial charge in [0.1, 0.15) is 5.82 Å². The van der Waals surface area contributed by atoms with Crippen LogP contribution in [0.1, 0.15) is 27.4 Å². The van der Waals surface area contributed by atoms with Crippen molar-refractivity contribution in [2.24, 2.45) is 5.92 Å². The van der Waals surface area contributed by atoms with Gasteiger partial charge in [0.25, 0.3) is 5.91 Å². The zero-order chi connectivity index (χ0) is 23.5. The standard InChI is InChI=1S/C29H32FN3O/c1-22-7-9-24(10-8-22)29(34)33-20-25(28(21-33)23-5-3-2-4-6-23)19-31-15-17-32(18-16-31)27-13-11-26(30)12-14-27/h2-14,25,28H,15-21H2,1H3/t25-,28+/m0/s1. The maximum atomic E-state index is 13.3. The lowest BCUT2D eigenvalue weighted by molar-refractivity contribution is 0.0782. The summed E-state index contributed by atoms with van der Waals surface area (Å²) in [6, 6.07) is 25.3. The number of piperazine rings is 1. The van der Waals surface area contributed by atoms with Crippen molar-refractivity contribution >= 4 is 11.6 Å². The predicted octanol–water partition coefficient (Wildman–Crippen LogP) is 4.81. The van der Waals surface area contributed by atoms with Crippen molar-refractivity contribution in [3.05, 3.63) is 101 Å². The van der Waals surface area contributed by atoms with Crippen LogP contribution in [0.15, 0.2) is 78.9 Å². The molecule has 5 heteroatoms. The molecule has 2 heterocycles. The molecule has 2 fully saturated rings. The quantitative estimate of drug-likeness (QED) is 0.550. The highest BCUT2D eigenvalue weighted by atomic mass is 19.1. The number of carbonyl (C=O) groups excluding carboxylic acids is 1. The van der Waals surface area contributed by atoms with Gasteiger partial charge in [-0.1, -0.05) is 48.0 Å². The second-order valence-corrected chi connectivity index (χ2v) is 9.62. The second-order valence-electron chi connectivity index (χ2n) is 9.62. The molecule has 4 nitrogen and oxygen atoms in total. The molecule has 34 heavy (non-hydrogen) atoms. The lowest BCUT2D eigenvalue weighted by Crippen LogP contribution is -2.48. The summed E-state index contributed by atoms with van der Waals surface area (Å²) in [5, 5.41) is 0. The molecule has 0 saturated carbocycles. The van der Waals surface area contributed by atoms with Crippen molar-refractivity contribution < 1.29 is 9.18 Å². The average Bonchev–Trinajstić information content (AvgIpc) is 3.29. The monoisotopic (exact) mass is 457 g/mol. The minimum atomic E-state index is -0.194. The van der Waals surface area contributed by atoms with Crippen LogP contribution < -0.4 is 4.90 Å². The van der Waals surface area contributed by atoms with Gasteiger partial charge >= 0.3 is 0 Å². The molecule has 3 aromatic carbocycles. The van der Waals surface area contributed by atoms with Crippen LogP contribution in [0.2, 0.25) is 0 Å². The highest BCUT2D eigenvalue weighted by Gasteiger charge is 2.37. The van der Waals surface area contributed by atoms with E-state index in [9.17, 15) is 9.18 Å². The summed E-state index contributed by atoms with van der Waals surface area (Å²) in [5.74, 6) is 0.671. The molecule has 2 aliphatic heterocycles. The SMILES string of the molecule is Cc1ccc(C(=O)N2C[C@H](CN3CCN(c4ccc(F)cc4)CC3)[C@@H](c3ccccc3)C2)cc1. The molecule has 1 amide bonds. The normalized spacial score (nSPS) is 21.1. The van der Waals surface area contributed by atoms with Crippen molar-refractivity contribution in [3.63, 3.8) is 0 Å². The van der Waals surface area contributed by atoms with Crippen LogP contribution in [0, 0.1) is 18.7 Å². The number of amides is 1. The molecular weight excluding hydrogens is 425 g/mol.